The third-order valence-corrected chi connectivity index (χ3v) is 7.21. The lowest BCUT2D eigenvalue weighted by atomic mass is 10.1. The molecule has 0 radical (unpaired) electrons. The molecule has 0 atom stereocenters. The van der Waals surface area contributed by atoms with Gasteiger partial charge in [-0.3, -0.25) is 0 Å². The molecule has 1 aromatic heterocycles. The Hall–Kier alpha value is -4.24. The number of methoxy groups -OCH3 is 1. The van der Waals surface area contributed by atoms with Crippen LogP contribution >= 0.6 is 11.3 Å². The van der Waals surface area contributed by atoms with Crippen molar-refractivity contribution < 1.29 is 28.6 Å². The van der Waals surface area contributed by atoms with Crippen molar-refractivity contribution in [1.29, 1.82) is 0 Å². The Kier molecular flexibility index (Phi) is 9.64. The van der Waals surface area contributed by atoms with Crippen LogP contribution in [0.15, 0.2) is 70.7 Å². The highest BCUT2D eigenvalue weighted by atomic mass is 32.1. The van der Waals surface area contributed by atoms with E-state index in [-0.39, 0.29) is 17.3 Å². The minimum Gasteiger partial charge on any atom is -0.493 e. The largest absolute Gasteiger partial charge is 0.493 e. The molecule has 8 nitrogen and oxygen atoms in total. The zero-order chi connectivity index (χ0) is 27.6. The van der Waals surface area contributed by atoms with Crippen molar-refractivity contribution in [3.63, 3.8) is 0 Å². The Balaban J connectivity index is 0.000000379. The number of anilines is 1. The third-order valence-electron chi connectivity index (χ3n) is 6.36. The number of aldehydes is 1. The minimum atomic E-state index is -0.542. The Bertz CT molecular complexity index is 1360. The lowest BCUT2D eigenvalue weighted by molar-refractivity contribution is -0.129. The molecular formula is C30H30N2O6S. The molecule has 1 aliphatic heterocycles. The van der Waals surface area contributed by atoms with Crippen LogP contribution in [0.3, 0.4) is 0 Å². The normalized spacial score (nSPS) is 15.7. The lowest BCUT2D eigenvalue weighted by Crippen LogP contribution is -2.07. The molecule has 0 amide bonds. The van der Waals surface area contributed by atoms with Crippen LogP contribution in [0.25, 0.3) is 6.08 Å². The van der Waals surface area contributed by atoms with E-state index >= 15 is 0 Å². The van der Waals surface area contributed by atoms with Crippen molar-refractivity contribution in [2.24, 2.45) is 10.9 Å². The van der Waals surface area contributed by atoms with Gasteiger partial charge in [0.1, 0.15) is 11.2 Å². The number of benzene rings is 2. The van der Waals surface area contributed by atoms with Crippen LogP contribution < -0.4 is 14.8 Å². The first-order valence-corrected chi connectivity index (χ1v) is 13.6. The quantitative estimate of drug-likeness (QED) is 0.157. The highest BCUT2D eigenvalue weighted by Gasteiger charge is 2.24. The molecule has 202 valence electrons. The van der Waals surface area contributed by atoms with Crippen molar-refractivity contribution >= 4 is 47.2 Å². The summed E-state index contributed by atoms with van der Waals surface area (Å²) in [6.45, 7) is 0. The van der Waals surface area contributed by atoms with Gasteiger partial charge in [0.05, 0.1) is 7.11 Å². The van der Waals surface area contributed by atoms with Gasteiger partial charge in [-0.2, -0.15) is 0 Å². The molecule has 2 aromatic carbocycles. The van der Waals surface area contributed by atoms with E-state index in [2.05, 4.69) is 10.3 Å². The minimum absolute atomic E-state index is 0.165. The molecule has 1 fully saturated rings. The molecule has 2 heterocycles. The topological polar surface area (TPSA) is 103 Å². The molecule has 5 rings (SSSR count). The Morgan fingerprint density at radius 2 is 1.90 bits per heavy atom. The summed E-state index contributed by atoms with van der Waals surface area (Å²) in [6, 6.07) is 15.8. The predicted octanol–water partition coefficient (Wildman–Crippen LogP) is 6.13. The maximum atomic E-state index is 12.3. The van der Waals surface area contributed by atoms with Crippen LogP contribution in [-0.4, -0.2) is 38.3 Å². The molecule has 0 bridgehead atoms. The average Bonchev–Trinajstić information content (AvgIpc) is 3.74. The van der Waals surface area contributed by atoms with E-state index in [0.29, 0.717) is 21.8 Å². The first-order chi connectivity index (χ1) is 19.0. The van der Waals surface area contributed by atoms with E-state index in [0.717, 1.165) is 24.3 Å². The second kappa shape index (κ2) is 13.5. The van der Waals surface area contributed by atoms with Gasteiger partial charge in [-0.1, -0.05) is 37.8 Å². The van der Waals surface area contributed by atoms with E-state index in [1.807, 2.05) is 31.3 Å². The molecule has 39 heavy (non-hydrogen) atoms. The maximum Gasteiger partial charge on any atom is 0.363 e. The first kappa shape index (κ1) is 27.8. The Labute approximate surface area is 231 Å². The standard InChI is InChI=1S/C23H18N2O5S.C7H12O/c1-24-16-8-6-15(7-9-16)21-25-17(22(26)30-21)12-14-5-10-18(19(13-14)28-2)29-23(27)20-4-3-11-31-20;8-6-5-7-3-1-2-4-7/h3-13,24H,1-2H3;6-7H,1-5H2/b17-12+;. The number of nitrogens with zero attached hydrogens (tertiary/aromatic N) is 1. The second-order valence-corrected chi connectivity index (χ2v) is 9.94. The Morgan fingerprint density at radius 3 is 2.54 bits per heavy atom. The number of hydrogen-bond acceptors (Lipinski definition) is 9. The summed E-state index contributed by atoms with van der Waals surface area (Å²) in [5.74, 6) is 0.625. The highest BCUT2D eigenvalue weighted by molar-refractivity contribution is 7.12. The number of ether oxygens (including phenoxy) is 3. The van der Waals surface area contributed by atoms with Gasteiger partial charge >= 0.3 is 11.9 Å². The number of esters is 2. The average molecular weight is 547 g/mol. The van der Waals surface area contributed by atoms with Crippen molar-refractivity contribution in [2.75, 3.05) is 19.5 Å². The number of rotatable bonds is 8. The van der Waals surface area contributed by atoms with Crippen molar-refractivity contribution in [3.05, 3.63) is 81.7 Å². The smallest absolute Gasteiger partial charge is 0.363 e. The molecular weight excluding hydrogens is 516 g/mol. The van der Waals surface area contributed by atoms with Gasteiger partial charge in [0.25, 0.3) is 0 Å². The summed E-state index contributed by atoms with van der Waals surface area (Å²) in [5, 5.41) is 4.83. The van der Waals surface area contributed by atoms with Crippen LogP contribution in [0.5, 0.6) is 11.5 Å². The van der Waals surface area contributed by atoms with Gasteiger partial charge < -0.3 is 24.3 Å². The van der Waals surface area contributed by atoms with Crippen molar-refractivity contribution in [3.8, 4) is 11.5 Å². The zero-order valence-corrected chi connectivity index (χ0v) is 22.7. The van der Waals surface area contributed by atoms with E-state index in [1.165, 1.54) is 44.1 Å². The summed E-state index contributed by atoms with van der Waals surface area (Å²) < 4.78 is 16.1. The van der Waals surface area contributed by atoms with Crippen LogP contribution in [0.1, 0.15) is 52.9 Å². The van der Waals surface area contributed by atoms with E-state index in [4.69, 9.17) is 14.2 Å². The van der Waals surface area contributed by atoms with Crippen LogP contribution in [0, 0.1) is 5.92 Å². The molecule has 1 N–H and O–H groups in total. The van der Waals surface area contributed by atoms with Gasteiger partial charge in [0.2, 0.25) is 5.90 Å². The van der Waals surface area contributed by atoms with Gasteiger partial charge in [-0.15, -0.1) is 11.3 Å². The number of aliphatic imine (C=N–C) groups is 1. The monoisotopic (exact) mass is 546 g/mol. The van der Waals surface area contributed by atoms with Crippen LogP contribution in [-0.2, 0) is 14.3 Å². The number of hydrogen-bond donors (Lipinski definition) is 1. The molecule has 0 saturated heterocycles. The van der Waals surface area contributed by atoms with Crippen LogP contribution in [0.4, 0.5) is 5.69 Å². The fraction of sp³-hybridized carbons (Fsp3) is 0.267. The summed E-state index contributed by atoms with van der Waals surface area (Å²) in [7, 11) is 3.30. The van der Waals surface area contributed by atoms with E-state index < -0.39 is 11.9 Å². The number of carbonyl (C=O) groups is 3. The third kappa shape index (κ3) is 7.42. The first-order valence-electron chi connectivity index (χ1n) is 12.7. The van der Waals surface area contributed by atoms with E-state index in [9.17, 15) is 14.4 Å². The van der Waals surface area contributed by atoms with Crippen LogP contribution in [0.2, 0.25) is 0 Å². The van der Waals surface area contributed by atoms with Crippen molar-refractivity contribution in [2.45, 2.75) is 32.1 Å². The number of thiophene rings is 1. The SMILES string of the molecule is CNc1ccc(C2=N/C(=C/c3ccc(OC(=O)c4cccs4)c(OC)c3)C(=O)O2)cc1.O=CCC1CCCC1. The molecule has 2 aliphatic rings. The maximum absolute atomic E-state index is 12.3. The molecule has 0 spiro atoms. The molecule has 3 aromatic rings. The van der Waals surface area contributed by atoms with Crippen molar-refractivity contribution in [1.82, 2.24) is 0 Å². The fourth-order valence-electron chi connectivity index (χ4n) is 4.26. The van der Waals surface area contributed by atoms with Gasteiger partial charge in [0, 0.05) is 24.7 Å². The predicted molar refractivity (Wildman–Crippen MR) is 152 cm³/mol. The summed E-state index contributed by atoms with van der Waals surface area (Å²) >= 11 is 1.29. The number of nitrogens with one attached hydrogen (secondary N) is 1. The summed E-state index contributed by atoms with van der Waals surface area (Å²) in [4.78, 5) is 39.2. The summed E-state index contributed by atoms with van der Waals surface area (Å²) in [6.07, 6.45) is 8.72. The fourth-order valence-corrected chi connectivity index (χ4v) is 4.85. The lowest BCUT2D eigenvalue weighted by Gasteiger charge is -2.09. The molecule has 1 saturated carbocycles. The second-order valence-electron chi connectivity index (χ2n) is 8.99. The number of carbonyl (C=O) groups excluding carboxylic acids is 3. The molecule has 1 aliphatic carbocycles. The Morgan fingerprint density at radius 1 is 1.13 bits per heavy atom. The zero-order valence-electron chi connectivity index (χ0n) is 21.8. The van der Waals surface area contributed by atoms with Gasteiger partial charge in [0.15, 0.2) is 17.2 Å². The summed E-state index contributed by atoms with van der Waals surface area (Å²) in [5.41, 5.74) is 2.45. The molecule has 9 heteroatoms. The number of cyclic esters (lactones) is 1. The van der Waals surface area contributed by atoms with E-state index in [1.54, 1.807) is 41.8 Å². The van der Waals surface area contributed by atoms with Gasteiger partial charge in [-0.05, 0) is 65.4 Å². The highest BCUT2D eigenvalue weighted by Crippen LogP contribution is 2.31. The van der Waals surface area contributed by atoms with Gasteiger partial charge in [-0.25, -0.2) is 14.6 Å². The molecule has 0 unspecified atom stereocenters.